The van der Waals surface area contributed by atoms with Crippen LogP contribution in [0.3, 0.4) is 0 Å². The molecular formula is C18H17ClN2O3S. The maximum Gasteiger partial charge on any atom is 0.307 e. The van der Waals surface area contributed by atoms with Crippen molar-refractivity contribution in [3.8, 4) is 5.75 Å². The number of carbonyl (C=O) groups excluding carboxylic acids is 1. The predicted octanol–water partition coefficient (Wildman–Crippen LogP) is 4.05. The van der Waals surface area contributed by atoms with Gasteiger partial charge in [0.1, 0.15) is 5.75 Å². The summed E-state index contributed by atoms with van der Waals surface area (Å²) in [7, 11) is 1.73. The lowest BCUT2D eigenvalue weighted by atomic mass is 10.2. The molecule has 0 fully saturated rings. The number of benzene rings is 2. The first-order valence-electron chi connectivity index (χ1n) is 7.80. The highest BCUT2D eigenvalue weighted by atomic mass is 35.5. The number of carbonyl (C=O) groups is 1. The summed E-state index contributed by atoms with van der Waals surface area (Å²) in [4.78, 5) is 24.2. The minimum absolute atomic E-state index is 0.0315. The molecule has 7 heteroatoms. The van der Waals surface area contributed by atoms with Gasteiger partial charge in [-0.25, -0.2) is 0 Å². The summed E-state index contributed by atoms with van der Waals surface area (Å²) in [5.41, 5.74) is 1.48. The Kier molecular flexibility index (Phi) is 5.11. The van der Waals surface area contributed by atoms with Crippen molar-refractivity contribution in [1.82, 2.24) is 4.57 Å². The van der Waals surface area contributed by atoms with E-state index >= 15 is 0 Å². The van der Waals surface area contributed by atoms with E-state index in [1.165, 1.54) is 0 Å². The molecular weight excluding hydrogens is 360 g/mol. The van der Waals surface area contributed by atoms with Crippen LogP contribution in [0.15, 0.2) is 47.3 Å². The fraction of sp³-hybridized carbons (Fsp3) is 0.222. The summed E-state index contributed by atoms with van der Waals surface area (Å²) in [5, 5.41) is 3.46. The van der Waals surface area contributed by atoms with Crippen molar-refractivity contribution in [2.24, 2.45) is 7.05 Å². The molecule has 0 saturated carbocycles. The van der Waals surface area contributed by atoms with Gasteiger partial charge in [0.2, 0.25) is 0 Å². The number of fused-ring (bicyclic) bond motifs is 1. The SMILES string of the molecule is CC[C@@H](Oc1ccc(Cl)cc1)C(=O)Nc1ccc2c(c1)sc(=O)n2C. The van der Waals surface area contributed by atoms with Crippen LogP contribution in [-0.4, -0.2) is 16.6 Å². The first-order valence-corrected chi connectivity index (χ1v) is 9.00. The van der Waals surface area contributed by atoms with Crippen molar-refractivity contribution in [3.63, 3.8) is 0 Å². The molecule has 3 rings (SSSR count). The van der Waals surface area contributed by atoms with Gasteiger partial charge >= 0.3 is 4.87 Å². The van der Waals surface area contributed by atoms with Crippen LogP contribution in [0.2, 0.25) is 5.02 Å². The fourth-order valence-electron chi connectivity index (χ4n) is 2.43. The van der Waals surface area contributed by atoms with E-state index in [1.807, 2.05) is 13.0 Å². The normalized spacial score (nSPS) is 12.1. The quantitative estimate of drug-likeness (QED) is 0.730. The summed E-state index contributed by atoms with van der Waals surface area (Å²) in [6.45, 7) is 1.88. The van der Waals surface area contributed by atoms with Crippen LogP contribution in [0.5, 0.6) is 5.75 Å². The first kappa shape index (κ1) is 17.5. The van der Waals surface area contributed by atoms with Crippen LogP contribution in [0.1, 0.15) is 13.3 Å². The van der Waals surface area contributed by atoms with Crippen molar-refractivity contribution in [3.05, 3.63) is 57.2 Å². The molecule has 1 N–H and O–H groups in total. The molecule has 0 aliphatic heterocycles. The zero-order chi connectivity index (χ0) is 18.0. The number of hydrogen-bond donors (Lipinski definition) is 1. The Morgan fingerprint density at radius 1 is 1.28 bits per heavy atom. The van der Waals surface area contributed by atoms with E-state index in [0.717, 1.165) is 21.6 Å². The average molecular weight is 377 g/mol. The van der Waals surface area contributed by atoms with Gasteiger partial charge < -0.3 is 14.6 Å². The Hall–Kier alpha value is -2.31. The number of aryl methyl sites for hydroxylation is 1. The number of nitrogens with zero attached hydrogens (tertiary/aromatic N) is 1. The second-order valence-corrected chi connectivity index (χ2v) is 7.00. The number of aromatic nitrogens is 1. The fourth-order valence-corrected chi connectivity index (χ4v) is 3.48. The molecule has 1 heterocycles. The van der Waals surface area contributed by atoms with Gasteiger partial charge in [-0.3, -0.25) is 9.59 Å². The van der Waals surface area contributed by atoms with Gasteiger partial charge in [0.05, 0.1) is 10.2 Å². The first-order chi connectivity index (χ1) is 12.0. The number of anilines is 1. The van der Waals surface area contributed by atoms with Gasteiger partial charge in [-0.15, -0.1) is 0 Å². The largest absolute Gasteiger partial charge is 0.481 e. The molecule has 5 nitrogen and oxygen atoms in total. The molecule has 0 saturated heterocycles. The molecule has 130 valence electrons. The van der Waals surface area contributed by atoms with Gasteiger partial charge in [-0.05, 0) is 48.9 Å². The highest BCUT2D eigenvalue weighted by Gasteiger charge is 2.19. The lowest BCUT2D eigenvalue weighted by Gasteiger charge is -2.17. The topological polar surface area (TPSA) is 60.3 Å². The molecule has 0 unspecified atom stereocenters. The van der Waals surface area contributed by atoms with Crippen molar-refractivity contribution in [2.45, 2.75) is 19.4 Å². The maximum absolute atomic E-state index is 12.5. The molecule has 0 aliphatic carbocycles. The van der Waals surface area contributed by atoms with Crippen molar-refractivity contribution in [2.75, 3.05) is 5.32 Å². The highest BCUT2D eigenvalue weighted by Crippen LogP contribution is 2.22. The van der Waals surface area contributed by atoms with E-state index in [-0.39, 0.29) is 10.8 Å². The summed E-state index contributed by atoms with van der Waals surface area (Å²) in [6, 6.07) is 12.3. The van der Waals surface area contributed by atoms with Crippen LogP contribution >= 0.6 is 22.9 Å². The van der Waals surface area contributed by atoms with Gasteiger partial charge in [-0.2, -0.15) is 0 Å². The minimum atomic E-state index is -0.619. The molecule has 0 bridgehead atoms. The third-order valence-corrected chi connectivity index (χ3v) is 5.06. The standard InChI is InChI=1S/C18H17ClN2O3S/c1-3-15(24-13-7-4-11(19)5-8-13)17(22)20-12-6-9-14-16(10-12)25-18(23)21(14)2/h4-10,15H,3H2,1-2H3,(H,20,22)/t15-/m1/s1. The van der Waals surface area contributed by atoms with E-state index in [2.05, 4.69) is 5.32 Å². The summed E-state index contributed by atoms with van der Waals surface area (Å²) < 4.78 is 8.16. The molecule has 1 aromatic heterocycles. The molecule has 25 heavy (non-hydrogen) atoms. The molecule has 0 radical (unpaired) electrons. The van der Waals surface area contributed by atoms with Crippen LogP contribution in [0.4, 0.5) is 5.69 Å². The number of ether oxygens (including phenoxy) is 1. The third kappa shape index (κ3) is 3.86. The number of rotatable bonds is 5. The number of halogens is 1. The lowest BCUT2D eigenvalue weighted by molar-refractivity contribution is -0.122. The zero-order valence-corrected chi connectivity index (χ0v) is 15.4. The Morgan fingerprint density at radius 2 is 2.00 bits per heavy atom. The Bertz CT molecular complexity index is 963. The molecule has 1 atom stereocenters. The summed E-state index contributed by atoms with van der Waals surface area (Å²) in [5.74, 6) is 0.350. The van der Waals surface area contributed by atoms with Gasteiger partial charge in [0, 0.05) is 17.8 Å². The lowest BCUT2D eigenvalue weighted by Crippen LogP contribution is -2.32. The zero-order valence-electron chi connectivity index (χ0n) is 13.8. The second kappa shape index (κ2) is 7.29. The molecule has 3 aromatic rings. The minimum Gasteiger partial charge on any atom is -0.481 e. The number of amides is 1. The van der Waals surface area contributed by atoms with Crippen LogP contribution in [0, 0.1) is 0 Å². The van der Waals surface area contributed by atoms with E-state index < -0.39 is 6.10 Å². The Labute approximate surface area is 153 Å². The van der Waals surface area contributed by atoms with E-state index in [9.17, 15) is 9.59 Å². The summed E-state index contributed by atoms with van der Waals surface area (Å²) in [6.07, 6.45) is -0.0959. The number of nitrogens with one attached hydrogen (secondary N) is 1. The predicted molar refractivity (Wildman–Crippen MR) is 102 cm³/mol. The third-order valence-electron chi connectivity index (χ3n) is 3.82. The van der Waals surface area contributed by atoms with E-state index in [0.29, 0.717) is 22.9 Å². The monoisotopic (exact) mass is 376 g/mol. The number of hydrogen-bond acceptors (Lipinski definition) is 4. The number of thiazole rings is 1. The van der Waals surface area contributed by atoms with Gasteiger partial charge in [0.15, 0.2) is 6.10 Å². The van der Waals surface area contributed by atoms with Crippen molar-refractivity contribution in [1.29, 1.82) is 0 Å². The average Bonchev–Trinajstić information content (AvgIpc) is 2.88. The maximum atomic E-state index is 12.5. The smallest absolute Gasteiger partial charge is 0.307 e. The Morgan fingerprint density at radius 3 is 2.68 bits per heavy atom. The second-order valence-electron chi connectivity index (χ2n) is 5.57. The highest BCUT2D eigenvalue weighted by molar-refractivity contribution is 7.16. The summed E-state index contributed by atoms with van der Waals surface area (Å²) >= 11 is 7.01. The van der Waals surface area contributed by atoms with Gasteiger partial charge in [0.25, 0.3) is 5.91 Å². The van der Waals surface area contributed by atoms with Crippen molar-refractivity contribution >= 4 is 44.7 Å². The molecule has 0 spiro atoms. The van der Waals surface area contributed by atoms with Crippen LogP contribution < -0.4 is 14.9 Å². The molecule has 2 aromatic carbocycles. The van der Waals surface area contributed by atoms with Crippen molar-refractivity contribution < 1.29 is 9.53 Å². The van der Waals surface area contributed by atoms with Gasteiger partial charge in [-0.1, -0.05) is 29.9 Å². The van der Waals surface area contributed by atoms with E-state index in [1.54, 1.807) is 48.0 Å². The molecule has 1 amide bonds. The van der Waals surface area contributed by atoms with Crippen LogP contribution in [-0.2, 0) is 11.8 Å². The Balaban J connectivity index is 1.75. The van der Waals surface area contributed by atoms with E-state index in [4.69, 9.17) is 16.3 Å². The molecule has 0 aliphatic rings. The van der Waals surface area contributed by atoms with Crippen LogP contribution in [0.25, 0.3) is 10.2 Å².